The zero-order valence-electron chi connectivity index (χ0n) is 14.1. The number of carbonyl (C=O) groups is 2. The first-order valence-corrected chi connectivity index (χ1v) is 8.37. The van der Waals surface area contributed by atoms with Gasteiger partial charge >= 0.3 is 6.03 Å². The SMILES string of the molecule is O=C(NC[C@H]1CCCO1)Nc1ccc(NC(=O)c2ccc[nH]c2=O)cc1. The molecule has 1 aromatic heterocycles. The van der Waals surface area contributed by atoms with Gasteiger partial charge in [-0.2, -0.15) is 0 Å². The van der Waals surface area contributed by atoms with E-state index in [1.54, 1.807) is 30.3 Å². The van der Waals surface area contributed by atoms with Crippen LogP contribution in [0.1, 0.15) is 23.2 Å². The molecule has 2 heterocycles. The molecule has 136 valence electrons. The van der Waals surface area contributed by atoms with E-state index in [-0.39, 0.29) is 17.7 Å². The first kappa shape index (κ1) is 17.7. The lowest BCUT2D eigenvalue weighted by Gasteiger charge is -2.12. The van der Waals surface area contributed by atoms with Crippen LogP contribution in [0.2, 0.25) is 0 Å². The number of carbonyl (C=O) groups excluding carboxylic acids is 2. The molecular formula is C18H20N4O4. The molecule has 1 fully saturated rings. The molecule has 1 aromatic carbocycles. The Balaban J connectivity index is 1.51. The van der Waals surface area contributed by atoms with Gasteiger partial charge in [-0.1, -0.05) is 0 Å². The highest BCUT2D eigenvalue weighted by atomic mass is 16.5. The van der Waals surface area contributed by atoms with Crippen LogP contribution in [0.5, 0.6) is 0 Å². The van der Waals surface area contributed by atoms with Gasteiger partial charge in [-0.15, -0.1) is 0 Å². The maximum absolute atomic E-state index is 12.1. The predicted octanol–water partition coefficient (Wildman–Crippen LogP) is 1.93. The van der Waals surface area contributed by atoms with Gasteiger partial charge in [0, 0.05) is 30.7 Å². The largest absolute Gasteiger partial charge is 0.376 e. The van der Waals surface area contributed by atoms with Crippen LogP contribution >= 0.6 is 0 Å². The molecule has 8 heteroatoms. The predicted molar refractivity (Wildman–Crippen MR) is 97.5 cm³/mol. The summed E-state index contributed by atoms with van der Waals surface area (Å²) in [4.78, 5) is 38.0. The number of urea groups is 1. The van der Waals surface area contributed by atoms with E-state index in [4.69, 9.17) is 4.74 Å². The summed E-state index contributed by atoms with van der Waals surface area (Å²) in [6.45, 7) is 1.22. The van der Waals surface area contributed by atoms with Crippen molar-refractivity contribution in [3.05, 3.63) is 58.5 Å². The average molecular weight is 356 g/mol. The summed E-state index contributed by atoms with van der Waals surface area (Å²) in [6.07, 6.45) is 3.53. The Kier molecular flexibility index (Phi) is 5.65. The second kappa shape index (κ2) is 8.30. The molecule has 0 saturated carbocycles. The van der Waals surface area contributed by atoms with E-state index < -0.39 is 11.5 Å². The zero-order chi connectivity index (χ0) is 18.4. The van der Waals surface area contributed by atoms with E-state index in [1.165, 1.54) is 12.3 Å². The zero-order valence-corrected chi connectivity index (χ0v) is 14.1. The van der Waals surface area contributed by atoms with Crippen molar-refractivity contribution in [1.29, 1.82) is 0 Å². The molecule has 8 nitrogen and oxygen atoms in total. The molecule has 1 atom stereocenters. The summed E-state index contributed by atoms with van der Waals surface area (Å²) in [5, 5.41) is 8.12. The second-order valence-corrected chi connectivity index (χ2v) is 5.91. The van der Waals surface area contributed by atoms with Crippen molar-refractivity contribution in [2.24, 2.45) is 0 Å². The Morgan fingerprint density at radius 1 is 1.12 bits per heavy atom. The van der Waals surface area contributed by atoms with Crippen molar-refractivity contribution < 1.29 is 14.3 Å². The van der Waals surface area contributed by atoms with E-state index in [2.05, 4.69) is 20.9 Å². The summed E-state index contributed by atoms with van der Waals surface area (Å²) in [5.74, 6) is -0.498. The molecule has 3 amide bonds. The Morgan fingerprint density at radius 3 is 2.50 bits per heavy atom. The summed E-state index contributed by atoms with van der Waals surface area (Å²) >= 11 is 0. The molecule has 0 aliphatic carbocycles. The van der Waals surface area contributed by atoms with Crippen LogP contribution in [-0.2, 0) is 4.74 Å². The number of aromatic nitrogens is 1. The number of aromatic amines is 1. The highest BCUT2D eigenvalue weighted by molar-refractivity contribution is 6.04. The smallest absolute Gasteiger partial charge is 0.319 e. The molecule has 0 spiro atoms. The van der Waals surface area contributed by atoms with Gasteiger partial charge in [-0.3, -0.25) is 9.59 Å². The van der Waals surface area contributed by atoms with Crippen molar-refractivity contribution in [1.82, 2.24) is 10.3 Å². The average Bonchev–Trinajstić information content (AvgIpc) is 3.15. The van der Waals surface area contributed by atoms with Crippen molar-refractivity contribution in [2.45, 2.75) is 18.9 Å². The van der Waals surface area contributed by atoms with Crippen LogP contribution < -0.4 is 21.5 Å². The van der Waals surface area contributed by atoms with Gasteiger partial charge in [0.25, 0.3) is 11.5 Å². The highest BCUT2D eigenvalue weighted by Crippen LogP contribution is 2.14. The standard InChI is InChI=1S/C18H20N4O4/c23-16-15(4-1-9-19-16)17(24)21-12-5-7-13(8-6-12)22-18(25)20-11-14-3-2-10-26-14/h1,4-9,14H,2-3,10-11H2,(H,19,23)(H,21,24)(H2,20,22,25)/t14-/m1/s1. The quantitative estimate of drug-likeness (QED) is 0.656. The molecule has 26 heavy (non-hydrogen) atoms. The maximum atomic E-state index is 12.1. The van der Waals surface area contributed by atoms with Crippen LogP contribution in [0.3, 0.4) is 0 Å². The van der Waals surface area contributed by atoms with Gasteiger partial charge in [0.2, 0.25) is 0 Å². The molecule has 0 bridgehead atoms. The fourth-order valence-corrected chi connectivity index (χ4v) is 2.62. The molecule has 3 rings (SSSR count). The number of anilines is 2. The van der Waals surface area contributed by atoms with E-state index in [1.807, 2.05) is 0 Å². The van der Waals surface area contributed by atoms with Crippen LogP contribution in [0.15, 0.2) is 47.4 Å². The van der Waals surface area contributed by atoms with E-state index in [9.17, 15) is 14.4 Å². The number of pyridine rings is 1. The summed E-state index contributed by atoms with van der Waals surface area (Å²) in [6, 6.07) is 9.33. The molecule has 1 aliphatic rings. The Bertz CT molecular complexity index is 826. The minimum Gasteiger partial charge on any atom is -0.376 e. The number of nitrogens with one attached hydrogen (secondary N) is 4. The van der Waals surface area contributed by atoms with Gasteiger partial charge < -0.3 is 25.7 Å². The van der Waals surface area contributed by atoms with Crippen LogP contribution in [0.4, 0.5) is 16.2 Å². The van der Waals surface area contributed by atoms with Crippen molar-refractivity contribution in [3.8, 4) is 0 Å². The first-order valence-electron chi connectivity index (χ1n) is 8.37. The summed E-state index contributed by atoms with van der Waals surface area (Å²) in [7, 11) is 0. The monoisotopic (exact) mass is 356 g/mol. The van der Waals surface area contributed by atoms with Gasteiger partial charge in [-0.05, 0) is 49.2 Å². The van der Waals surface area contributed by atoms with Gasteiger partial charge in [0.1, 0.15) is 5.56 Å². The maximum Gasteiger partial charge on any atom is 0.319 e. The minimum atomic E-state index is -0.498. The number of rotatable bonds is 5. The number of benzene rings is 1. The Morgan fingerprint density at radius 2 is 1.85 bits per heavy atom. The topological polar surface area (TPSA) is 112 Å². The van der Waals surface area contributed by atoms with Gasteiger partial charge in [-0.25, -0.2) is 4.79 Å². The number of ether oxygens (including phenoxy) is 1. The highest BCUT2D eigenvalue weighted by Gasteiger charge is 2.16. The molecular weight excluding hydrogens is 336 g/mol. The minimum absolute atomic E-state index is 0.0308. The Labute approximate surface area is 150 Å². The third-order valence-corrected chi connectivity index (χ3v) is 3.98. The molecule has 4 N–H and O–H groups in total. The molecule has 1 aliphatic heterocycles. The fraction of sp³-hybridized carbons (Fsp3) is 0.278. The van der Waals surface area contributed by atoms with Crippen LogP contribution in [0.25, 0.3) is 0 Å². The van der Waals surface area contributed by atoms with Gasteiger partial charge in [0.15, 0.2) is 0 Å². The first-order chi connectivity index (χ1) is 12.6. The molecule has 0 radical (unpaired) electrons. The Hall–Kier alpha value is -3.13. The summed E-state index contributed by atoms with van der Waals surface area (Å²) in [5.41, 5.74) is 0.684. The molecule has 1 saturated heterocycles. The van der Waals surface area contributed by atoms with Gasteiger partial charge in [0.05, 0.1) is 6.10 Å². The van der Waals surface area contributed by atoms with E-state index in [0.717, 1.165) is 19.4 Å². The lowest BCUT2D eigenvalue weighted by molar-refractivity contribution is 0.102. The summed E-state index contributed by atoms with van der Waals surface area (Å²) < 4.78 is 5.44. The molecule has 0 unspecified atom stereocenters. The van der Waals surface area contributed by atoms with Crippen molar-refractivity contribution in [2.75, 3.05) is 23.8 Å². The number of H-pyrrole nitrogens is 1. The fourth-order valence-electron chi connectivity index (χ4n) is 2.62. The van der Waals surface area contributed by atoms with E-state index in [0.29, 0.717) is 17.9 Å². The number of hydrogen-bond donors (Lipinski definition) is 4. The van der Waals surface area contributed by atoms with Crippen molar-refractivity contribution in [3.63, 3.8) is 0 Å². The molecule has 2 aromatic rings. The number of hydrogen-bond acceptors (Lipinski definition) is 4. The normalized spacial score (nSPS) is 16.1. The third kappa shape index (κ3) is 4.70. The third-order valence-electron chi connectivity index (χ3n) is 3.98. The van der Waals surface area contributed by atoms with Crippen LogP contribution in [-0.4, -0.2) is 36.2 Å². The number of amides is 3. The lowest BCUT2D eigenvalue weighted by Crippen LogP contribution is -2.35. The van der Waals surface area contributed by atoms with Crippen molar-refractivity contribution >= 4 is 23.3 Å². The van der Waals surface area contributed by atoms with Crippen LogP contribution in [0, 0.1) is 0 Å². The second-order valence-electron chi connectivity index (χ2n) is 5.91. The van der Waals surface area contributed by atoms with E-state index >= 15 is 0 Å². The lowest BCUT2D eigenvalue weighted by atomic mass is 10.2.